The topological polar surface area (TPSA) is 94.2 Å². The van der Waals surface area contributed by atoms with Crippen LogP contribution in [0, 0.1) is 44.8 Å². The highest BCUT2D eigenvalue weighted by atomic mass is 32.2. The minimum atomic E-state index is -0.849. The van der Waals surface area contributed by atoms with Crippen LogP contribution < -0.4 is 0 Å². The van der Waals surface area contributed by atoms with Crippen LogP contribution in [0.4, 0.5) is 4.79 Å². The molecule has 0 aromatic rings. The first kappa shape index (κ1) is 30.5. The first-order valence-electron chi connectivity index (χ1n) is 11.8. The molecule has 0 saturated carbocycles. The smallest absolute Gasteiger partial charge is 0.409 e. The van der Waals surface area contributed by atoms with Gasteiger partial charge in [-0.1, -0.05) is 68.4 Å². The third kappa shape index (κ3) is 8.00. The van der Waals surface area contributed by atoms with E-state index in [1.165, 1.54) is 4.31 Å². The molecule has 0 saturated heterocycles. The SMILES string of the molecule is CN(SC(C)(C)C(=O)C(C)(C)C)C(=O)OC1=C(C(C)(C)C)CC(=CC(C#N)C#N)C=C1C(C)(C)C. The molecule has 0 fully saturated rings. The van der Waals surface area contributed by atoms with Gasteiger partial charge in [0.25, 0.3) is 0 Å². The Hall–Kier alpha value is -2.51. The zero-order valence-corrected chi connectivity index (χ0v) is 24.2. The lowest BCUT2D eigenvalue weighted by Crippen LogP contribution is -2.41. The van der Waals surface area contributed by atoms with Crippen molar-refractivity contribution in [1.29, 1.82) is 10.5 Å². The second-order valence-electron chi connectivity index (χ2n) is 12.6. The van der Waals surface area contributed by atoms with Crippen LogP contribution in [0.15, 0.2) is 34.6 Å². The number of nitrogens with zero attached hydrogens (tertiary/aromatic N) is 3. The summed E-state index contributed by atoms with van der Waals surface area (Å²) < 4.78 is 6.62. The monoisotopic (exact) mass is 499 g/mol. The highest BCUT2D eigenvalue weighted by Gasteiger charge is 2.40. The van der Waals surface area contributed by atoms with Crippen LogP contribution in [0.25, 0.3) is 0 Å². The average molecular weight is 500 g/mol. The number of hydrogen-bond donors (Lipinski definition) is 0. The molecule has 1 amide bonds. The second kappa shape index (κ2) is 10.6. The van der Waals surface area contributed by atoms with Crippen LogP contribution in [0.1, 0.15) is 82.6 Å². The molecule has 6 nitrogen and oxygen atoms in total. The molecule has 1 rings (SSSR count). The van der Waals surface area contributed by atoms with E-state index >= 15 is 0 Å². The number of hydrogen-bond acceptors (Lipinski definition) is 6. The molecular weight excluding hydrogens is 458 g/mol. The molecule has 0 N–H and O–H groups in total. The summed E-state index contributed by atoms with van der Waals surface area (Å²) in [7, 11) is 1.61. The molecule has 35 heavy (non-hydrogen) atoms. The number of nitriles is 2. The largest absolute Gasteiger partial charge is 0.425 e. The molecule has 0 radical (unpaired) electrons. The van der Waals surface area contributed by atoms with E-state index in [1.807, 2.05) is 73.6 Å². The van der Waals surface area contributed by atoms with Gasteiger partial charge in [-0.2, -0.15) is 10.5 Å². The van der Waals surface area contributed by atoms with Crippen molar-refractivity contribution >= 4 is 23.8 Å². The van der Waals surface area contributed by atoms with E-state index in [0.29, 0.717) is 12.2 Å². The Morgan fingerprint density at radius 3 is 1.91 bits per heavy atom. The third-order valence-electron chi connectivity index (χ3n) is 5.64. The fourth-order valence-corrected chi connectivity index (χ4v) is 5.11. The molecule has 7 heteroatoms. The van der Waals surface area contributed by atoms with Crippen molar-refractivity contribution in [2.45, 2.75) is 87.3 Å². The van der Waals surface area contributed by atoms with Gasteiger partial charge >= 0.3 is 6.09 Å². The molecule has 0 aromatic carbocycles. The van der Waals surface area contributed by atoms with Crippen LogP contribution in [0.3, 0.4) is 0 Å². The van der Waals surface area contributed by atoms with Crippen molar-refractivity contribution in [3.05, 3.63) is 34.6 Å². The van der Waals surface area contributed by atoms with Gasteiger partial charge in [0.15, 0.2) is 11.7 Å². The van der Waals surface area contributed by atoms with E-state index in [-0.39, 0.29) is 16.6 Å². The van der Waals surface area contributed by atoms with Gasteiger partial charge in [-0.05, 0) is 60.3 Å². The van der Waals surface area contributed by atoms with Crippen LogP contribution in [-0.4, -0.2) is 28.0 Å². The minimum Gasteiger partial charge on any atom is -0.409 e. The van der Waals surface area contributed by atoms with Crippen LogP contribution >= 0.6 is 11.9 Å². The highest BCUT2D eigenvalue weighted by Crippen LogP contribution is 2.46. The lowest BCUT2D eigenvalue weighted by atomic mass is 9.72. The summed E-state index contributed by atoms with van der Waals surface area (Å²) in [5, 5.41) is 18.5. The Kier molecular flexibility index (Phi) is 9.27. The van der Waals surface area contributed by atoms with Crippen molar-refractivity contribution < 1.29 is 14.3 Å². The van der Waals surface area contributed by atoms with Gasteiger partial charge in [0, 0.05) is 18.0 Å². The van der Waals surface area contributed by atoms with Gasteiger partial charge in [-0.3, -0.25) is 9.10 Å². The fourth-order valence-electron chi connectivity index (χ4n) is 3.93. The Morgan fingerprint density at radius 2 is 1.51 bits per heavy atom. The second-order valence-corrected chi connectivity index (χ2v) is 14.3. The number of allylic oxidation sites excluding steroid dienone is 5. The van der Waals surface area contributed by atoms with E-state index in [4.69, 9.17) is 4.74 Å². The van der Waals surface area contributed by atoms with Crippen molar-refractivity contribution in [2.24, 2.45) is 22.2 Å². The Labute approximate surface area is 216 Å². The molecule has 1 aliphatic rings. The van der Waals surface area contributed by atoms with E-state index in [1.54, 1.807) is 13.1 Å². The Morgan fingerprint density at radius 1 is 1.00 bits per heavy atom. The van der Waals surface area contributed by atoms with Crippen molar-refractivity contribution in [2.75, 3.05) is 7.05 Å². The van der Waals surface area contributed by atoms with E-state index in [2.05, 4.69) is 20.8 Å². The molecule has 0 aromatic heterocycles. The van der Waals surface area contributed by atoms with E-state index < -0.39 is 22.2 Å². The van der Waals surface area contributed by atoms with Crippen molar-refractivity contribution in [3.63, 3.8) is 0 Å². The van der Waals surface area contributed by atoms with Gasteiger partial charge in [-0.25, -0.2) is 4.79 Å². The normalized spacial score (nSPS) is 16.5. The summed E-state index contributed by atoms with van der Waals surface area (Å²) in [6.45, 7) is 21.5. The first-order valence-corrected chi connectivity index (χ1v) is 12.6. The molecule has 1 aliphatic carbocycles. The summed E-state index contributed by atoms with van der Waals surface area (Å²) in [4.78, 5) is 26.2. The zero-order valence-electron chi connectivity index (χ0n) is 23.4. The van der Waals surface area contributed by atoms with Crippen LogP contribution in [0.5, 0.6) is 0 Å². The van der Waals surface area contributed by atoms with Gasteiger partial charge in [0.2, 0.25) is 0 Å². The summed E-state index contributed by atoms with van der Waals surface area (Å²) in [6.07, 6.45) is 3.52. The van der Waals surface area contributed by atoms with Gasteiger partial charge in [-0.15, -0.1) is 0 Å². The molecule has 0 unspecified atom stereocenters. The average Bonchev–Trinajstić information content (AvgIpc) is 2.69. The summed E-state index contributed by atoms with van der Waals surface area (Å²) in [5.74, 6) is -0.292. The van der Waals surface area contributed by atoms with Crippen LogP contribution in [0.2, 0.25) is 0 Å². The van der Waals surface area contributed by atoms with Gasteiger partial charge in [0.05, 0.1) is 16.9 Å². The summed E-state index contributed by atoms with van der Waals surface area (Å²) in [5.41, 5.74) is 1.36. The fraction of sp³-hybridized carbons (Fsp3) is 0.643. The van der Waals surface area contributed by atoms with Crippen molar-refractivity contribution in [3.8, 4) is 12.1 Å². The molecule has 0 atom stereocenters. The number of ketones is 1. The molecule has 0 heterocycles. The molecule has 192 valence electrons. The van der Waals surface area contributed by atoms with Crippen LogP contribution in [-0.2, 0) is 9.53 Å². The Balaban J connectivity index is 3.47. The highest BCUT2D eigenvalue weighted by molar-refractivity contribution is 7.99. The van der Waals surface area contributed by atoms with Crippen molar-refractivity contribution in [1.82, 2.24) is 4.31 Å². The number of carbonyl (C=O) groups is 2. The third-order valence-corrected chi connectivity index (χ3v) is 6.71. The number of carbonyl (C=O) groups excluding carboxylic acids is 2. The number of ether oxygens (including phenoxy) is 1. The molecule has 0 bridgehead atoms. The number of Topliss-reactive ketones (excluding diaryl/α,β-unsaturated/α-hetero) is 1. The number of rotatable bonds is 5. The Bertz CT molecular complexity index is 1020. The van der Waals surface area contributed by atoms with Gasteiger partial charge in [0.1, 0.15) is 5.76 Å². The standard InChI is InChI=1S/C28H41N3O3S/c1-25(2,3)20-14-18(13-19(16-29)17-30)15-21(26(4,5)6)22(20)34-24(33)31(12)35-28(10,11)23(32)27(7,8)9/h13-14,19H,15H2,1-12H3. The van der Waals surface area contributed by atoms with Gasteiger partial charge < -0.3 is 4.74 Å². The summed E-state index contributed by atoms with van der Waals surface area (Å²) in [6, 6.07) is 4.00. The lowest BCUT2D eigenvalue weighted by Gasteiger charge is -2.36. The quantitative estimate of drug-likeness (QED) is 0.367. The molecule has 0 spiro atoms. The maximum Gasteiger partial charge on any atom is 0.425 e. The number of amides is 1. The lowest BCUT2D eigenvalue weighted by molar-refractivity contribution is -0.128. The molecule has 0 aliphatic heterocycles. The predicted molar refractivity (Wildman–Crippen MR) is 142 cm³/mol. The van der Waals surface area contributed by atoms with E-state index in [9.17, 15) is 20.1 Å². The minimum absolute atomic E-state index is 0.0384. The zero-order chi connectivity index (χ0) is 27.6. The maximum absolute atomic E-state index is 13.3. The molecular formula is C28H41N3O3S. The maximum atomic E-state index is 13.3. The summed E-state index contributed by atoms with van der Waals surface area (Å²) >= 11 is 1.15. The van der Waals surface area contributed by atoms with E-state index in [0.717, 1.165) is 28.7 Å². The predicted octanol–water partition coefficient (Wildman–Crippen LogP) is 7.36. The first-order chi connectivity index (χ1) is 15.6.